The van der Waals surface area contributed by atoms with Crippen molar-refractivity contribution in [3.8, 4) is 17.6 Å². The summed E-state index contributed by atoms with van der Waals surface area (Å²) in [6.45, 7) is -0.117. The van der Waals surface area contributed by atoms with Gasteiger partial charge in [-0.2, -0.15) is 13.2 Å². The van der Waals surface area contributed by atoms with Crippen LogP contribution in [-0.4, -0.2) is 94.3 Å². The van der Waals surface area contributed by atoms with Gasteiger partial charge in [-0.25, -0.2) is 12.8 Å². The summed E-state index contributed by atoms with van der Waals surface area (Å²) < 4.78 is 88.4. The van der Waals surface area contributed by atoms with E-state index < -0.39 is 35.5 Å². The molecule has 44 heavy (non-hydrogen) atoms. The molecule has 0 saturated carbocycles. The van der Waals surface area contributed by atoms with Crippen LogP contribution in [0.3, 0.4) is 0 Å². The zero-order valence-electron chi connectivity index (χ0n) is 24.5. The number of likely N-dealkylation sites (tertiary alicyclic amines) is 1. The van der Waals surface area contributed by atoms with Crippen LogP contribution in [0.25, 0.3) is 10.9 Å². The topological polar surface area (TPSA) is 105 Å². The minimum absolute atomic E-state index is 0.0306. The van der Waals surface area contributed by atoms with Crippen LogP contribution >= 0.6 is 0 Å². The van der Waals surface area contributed by atoms with Crippen molar-refractivity contribution in [2.75, 3.05) is 63.6 Å². The quantitative estimate of drug-likeness (QED) is 0.199. The number of benzene rings is 2. The molecule has 1 aliphatic heterocycles. The van der Waals surface area contributed by atoms with E-state index in [1.807, 2.05) is 6.07 Å². The standard InChI is InChI=1S/C30H36F4N4O5S/c1-42-18-23(39)17-37-13-10-21(11-14-37)36-26-6-3-7-28-25(26)15-22(38(28)19-30(32,33)34)5-4-12-35-27-9-8-24(44(2,40)41)16-29(27)43-20-31/h3,6-9,15-16,21,23,35-36,39H,10-14,17-20H2,1-2H3/t23-/m0/s1. The molecule has 0 amide bonds. The lowest BCUT2D eigenvalue weighted by Gasteiger charge is -2.34. The van der Waals surface area contributed by atoms with Crippen molar-refractivity contribution in [3.63, 3.8) is 0 Å². The highest BCUT2D eigenvalue weighted by molar-refractivity contribution is 7.90. The molecule has 2 heterocycles. The molecular weight excluding hydrogens is 604 g/mol. The van der Waals surface area contributed by atoms with Gasteiger partial charge >= 0.3 is 6.18 Å². The summed E-state index contributed by atoms with van der Waals surface area (Å²) in [4.78, 5) is 2.11. The van der Waals surface area contributed by atoms with Crippen LogP contribution < -0.4 is 15.4 Å². The molecule has 240 valence electrons. The van der Waals surface area contributed by atoms with E-state index in [4.69, 9.17) is 9.47 Å². The van der Waals surface area contributed by atoms with E-state index in [0.29, 0.717) is 23.1 Å². The van der Waals surface area contributed by atoms with E-state index in [0.717, 1.165) is 36.8 Å². The Balaban J connectivity index is 1.52. The summed E-state index contributed by atoms with van der Waals surface area (Å²) in [6, 6.07) is 10.8. The number of aliphatic hydroxyl groups excluding tert-OH is 1. The number of sulfone groups is 1. The third-order valence-corrected chi connectivity index (χ3v) is 8.34. The molecule has 14 heteroatoms. The number of anilines is 2. The Kier molecular flexibility index (Phi) is 11.0. The van der Waals surface area contributed by atoms with Gasteiger partial charge in [-0.3, -0.25) is 0 Å². The van der Waals surface area contributed by atoms with E-state index in [2.05, 4.69) is 27.4 Å². The predicted molar refractivity (Wildman–Crippen MR) is 160 cm³/mol. The molecule has 0 aliphatic carbocycles. The van der Waals surface area contributed by atoms with Crippen molar-refractivity contribution in [3.05, 3.63) is 48.2 Å². The van der Waals surface area contributed by atoms with E-state index in [9.17, 15) is 31.1 Å². The minimum Gasteiger partial charge on any atom is -0.461 e. The number of fused-ring (bicyclic) bond motifs is 1. The van der Waals surface area contributed by atoms with Crippen LogP contribution in [-0.2, 0) is 21.1 Å². The number of aliphatic hydroxyl groups is 1. The van der Waals surface area contributed by atoms with Crippen LogP contribution in [0, 0.1) is 11.8 Å². The van der Waals surface area contributed by atoms with Crippen LogP contribution in [0.15, 0.2) is 47.4 Å². The van der Waals surface area contributed by atoms with Gasteiger partial charge in [0.15, 0.2) is 9.84 Å². The maximum absolute atomic E-state index is 13.6. The molecule has 0 bridgehead atoms. The molecule has 0 spiro atoms. The molecular formula is C30H36F4N4O5S. The first-order valence-corrected chi connectivity index (χ1v) is 15.9. The average Bonchev–Trinajstić information content (AvgIpc) is 3.29. The normalized spacial score (nSPS) is 15.5. The van der Waals surface area contributed by atoms with E-state index in [-0.39, 0.29) is 41.2 Å². The van der Waals surface area contributed by atoms with Gasteiger partial charge in [0, 0.05) is 56.2 Å². The van der Waals surface area contributed by atoms with Gasteiger partial charge in [-0.15, -0.1) is 0 Å². The van der Waals surface area contributed by atoms with Crippen LogP contribution in [0.4, 0.5) is 28.9 Å². The van der Waals surface area contributed by atoms with Gasteiger partial charge in [0.1, 0.15) is 12.3 Å². The third kappa shape index (κ3) is 9.01. The second-order valence-electron chi connectivity index (χ2n) is 10.6. The lowest BCUT2D eigenvalue weighted by Crippen LogP contribution is -2.43. The third-order valence-electron chi connectivity index (χ3n) is 7.23. The summed E-state index contributed by atoms with van der Waals surface area (Å²) in [5.74, 6) is 5.60. The molecule has 1 aliphatic rings. The predicted octanol–water partition coefficient (Wildman–Crippen LogP) is 4.26. The second kappa shape index (κ2) is 14.5. The Bertz CT molecular complexity index is 1590. The maximum atomic E-state index is 13.6. The Morgan fingerprint density at radius 2 is 1.89 bits per heavy atom. The Labute approximate surface area is 254 Å². The summed E-state index contributed by atoms with van der Waals surface area (Å²) in [5, 5.41) is 17.0. The van der Waals surface area contributed by atoms with Crippen molar-refractivity contribution in [1.82, 2.24) is 9.47 Å². The van der Waals surface area contributed by atoms with Gasteiger partial charge in [0.25, 0.3) is 0 Å². The van der Waals surface area contributed by atoms with Gasteiger partial charge in [0.2, 0.25) is 6.86 Å². The van der Waals surface area contributed by atoms with E-state index in [1.165, 1.54) is 18.2 Å². The van der Waals surface area contributed by atoms with Gasteiger partial charge in [-0.1, -0.05) is 12.0 Å². The summed E-state index contributed by atoms with van der Waals surface area (Å²) >= 11 is 0. The molecule has 1 aromatic heterocycles. The molecule has 0 unspecified atom stereocenters. The molecule has 2 aromatic carbocycles. The fraction of sp³-hybridized carbons (Fsp3) is 0.467. The molecule has 3 aromatic rings. The first-order chi connectivity index (χ1) is 20.9. The lowest BCUT2D eigenvalue weighted by molar-refractivity contribution is -0.140. The zero-order chi connectivity index (χ0) is 31.9. The number of hydrogen-bond donors (Lipinski definition) is 3. The number of nitrogens with zero attached hydrogens (tertiary/aromatic N) is 2. The zero-order valence-corrected chi connectivity index (χ0v) is 25.3. The monoisotopic (exact) mass is 640 g/mol. The fourth-order valence-corrected chi connectivity index (χ4v) is 5.85. The number of piperidine rings is 1. The van der Waals surface area contributed by atoms with Crippen molar-refractivity contribution in [1.29, 1.82) is 0 Å². The number of nitrogens with one attached hydrogen (secondary N) is 2. The maximum Gasteiger partial charge on any atom is 0.406 e. The number of β-amino-alcohol motifs (C(OH)–C–C–N with tert-alkyl or cyclic N) is 1. The van der Waals surface area contributed by atoms with Gasteiger partial charge in [0.05, 0.1) is 41.0 Å². The molecule has 1 atom stereocenters. The highest BCUT2D eigenvalue weighted by Gasteiger charge is 2.30. The van der Waals surface area contributed by atoms with Crippen LogP contribution in [0.5, 0.6) is 5.75 Å². The van der Waals surface area contributed by atoms with Crippen molar-refractivity contribution in [2.45, 2.75) is 42.6 Å². The van der Waals surface area contributed by atoms with Crippen molar-refractivity contribution in [2.24, 2.45) is 0 Å². The average molecular weight is 641 g/mol. The molecule has 0 radical (unpaired) electrons. The highest BCUT2D eigenvalue weighted by Crippen LogP contribution is 2.32. The Morgan fingerprint density at radius 3 is 2.55 bits per heavy atom. The lowest BCUT2D eigenvalue weighted by atomic mass is 10.0. The van der Waals surface area contributed by atoms with Crippen LogP contribution in [0.2, 0.25) is 0 Å². The number of alkyl halides is 4. The number of aromatic nitrogens is 1. The molecule has 4 rings (SSSR count). The highest BCUT2D eigenvalue weighted by atomic mass is 32.2. The Hall–Kier alpha value is -3.51. The number of ether oxygens (including phenoxy) is 2. The largest absolute Gasteiger partial charge is 0.461 e. The fourth-order valence-electron chi connectivity index (χ4n) is 5.22. The number of hydrogen-bond acceptors (Lipinski definition) is 8. The smallest absolute Gasteiger partial charge is 0.406 e. The number of methoxy groups -OCH3 is 1. The van der Waals surface area contributed by atoms with E-state index in [1.54, 1.807) is 25.3 Å². The molecule has 3 N–H and O–H groups in total. The van der Waals surface area contributed by atoms with Gasteiger partial charge in [-0.05, 0) is 49.1 Å². The van der Waals surface area contributed by atoms with Crippen molar-refractivity contribution < 1.29 is 40.6 Å². The number of halogens is 4. The summed E-state index contributed by atoms with van der Waals surface area (Å²) in [5.41, 5.74) is 1.55. The second-order valence-corrected chi connectivity index (χ2v) is 12.7. The molecule has 9 nitrogen and oxygen atoms in total. The first kappa shape index (κ1) is 33.4. The Morgan fingerprint density at radius 1 is 1.14 bits per heavy atom. The molecule has 1 saturated heterocycles. The SMILES string of the molecule is COC[C@@H](O)CN1CCC(Nc2cccc3c2cc(C#CCNc2ccc(S(C)(=O)=O)cc2OCF)n3CC(F)(F)F)CC1. The van der Waals surface area contributed by atoms with Crippen molar-refractivity contribution >= 4 is 32.1 Å². The first-order valence-electron chi connectivity index (χ1n) is 14.0. The minimum atomic E-state index is -4.48. The summed E-state index contributed by atoms with van der Waals surface area (Å²) in [7, 11) is -2.01. The molecule has 1 fully saturated rings. The summed E-state index contributed by atoms with van der Waals surface area (Å²) in [6.07, 6.45) is -2.42. The van der Waals surface area contributed by atoms with E-state index >= 15 is 0 Å². The van der Waals surface area contributed by atoms with Crippen LogP contribution in [0.1, 0.15) is 18.5 Å². The van der Waals surface area contributed by atoms with Gasteiger partial charge < -0.3 is 34.7 Å². The number of rotatable bonds is 12.